The maximum atomic E-state index is 12.8. The fourth-order valence-corrected chi connectivity index (χ4v) is 6.17. The molecule has 1 aliphatic heterocycles. The molecule has 4 aliphatic carbocycles. The van der Waals surface area contributed by atoms with Crippen molar-refractivity contribution in [1.29, 1.82) is 0 Å². The summed E-state index contributed by atoms with van der Waals surface area (Å²) in [6.07, 6.45) is 0.590. The molecule has 0 spiro atoms. The lowest BCUT2D eigenvalue weighted by Crippen LogP contribution is -2.61. The van der Waals surface area contributed by atoms with Crippen molar-refractivity contribution in [3.8, 4) is 0 Å². The van der Waals surface area contributed by atoms with Gasteiger partial charge < -0.3 is 35.2 Å². The Balaban J connectivity index is 1.30. The zero-order valence-corrected chi connectivity index (χ0v) is 16.4. The number of rotatable bonds is 6. The third-order valence-corrected chi connectivity index (χ3v) is 7.23. The zero-order chi connectivity index (χ0) is 20.1. The van der Waals surface area contributed by atoms with Crippen LogP contribution in [0.15, 0.2) is 0 Å². The number of nitrogens with one attached hydrogen (secondary N) is 1. The Hall–Kier alpha value is -0.770. The normalized spacial score (nSPS) is 48.5. The standard InChI is InChI=1S/C20H33NO7/c1-10(9-27-19-17(25)16(24)15(23)14(8-22)28-19)18(26)21-20-5-11-2-12(6-20)4-13(3-11)7-20/h10-17,19,22-25H,2-9H2,1H3,(H,21,26)/t10-,11?,12?,13?,14+,15-,16-,17+,19+,20?/m0/s1. The van der Waals surface area contributed by atoms with Crippen LogP contribution < -0.4 is 5.32 Å². The Kier molecular flexibility index (Phi) is 5.72. The number of ether oxygens (including phenoxy) is 2. The molecule has 1 saturated heterocycles. The molecule has 28 heavy (non-hydrogen) atoms. The predicted molar refractivity (Wildman–Crippen MR) is 97.9 cm³/mol. The van der Waals surface area contributed by atoms with Crippen LogP contribution in [0.4, 0.5) is 0 Å². The Labute approximate surface area is 165 Å². The maximum absolute atomic E-state index is 12.8. The van der Waals surface area contributed by atoms with Gasteiger partial charge in [0.2, 0.25) is 5.91 Å². The molecule has 5 N–H and O–H groups in total. The first-order chi connectivity index (χ1) is 13.3. The molecule has 1 heterocycles. The molecule has 1 amide bonds. The third-order valence-electron chi connectivity index (χ3n) is 7.23. The van der Waals surface area contributed by atoms with Crippen LogP contribution >= 0.6 is 0 Å². The summed E-state index contributed by atoms with van der Waals surface area (Å²) >= 11 is 0. The summed E-state index contributed by atoms with van der Waals surface area (Å²) < 4.78 is 10.9. The van der Waals surface area contributed by atoms with Gasteiger partial charge in [0.1, 0.15) is 24.4 Å². The van der Waals surface area contributed by atoms with Crippen molar-refractivity contribution in [3.63, 3.8) is 0 Å². The van der Waals surface area contributed by atoms with E-state index in [0.717, 1.165) is 37.0 Å². The Morgan fingerprint density at radius 1 is 1.07 bits per heavy atom. The van der Waals surface area contributed by atoms with E-state index in [1.54, 1.807) is 6.92 Å². The van der Waals surface area contributed by atoms with E-state index in [9.17, 15) is 25.2 Å². The van der Waals surface area contributed by atoms with Crippen LogP contribution in [-0.2, 0) is 14.3 Å². The molecule has 5 aliphatic rings. The van der Waals surface area contributed by atoms with Gasteiger partial charge in [-0.1, -0.05) is 6.92 Å². The Morgan fingerprint density at radius 2 is 1.64 bits per heavy atom. The average Bonchev–Trinajstić information content (AvgIpc) is 2.64. The van der Waals surface area contributed by atoms with Crippen molar-refractivity contribution in [2.24, 2.45) is 23.7 Å². The van der Waals surface area contributed by atoms with Crippen molar-refractivity contribution < 1.29 is 34.7 Å². The zero-order valence-electron chi connectivity index (χ0n) is 16.4. The van der Waals surface area contributed by atoms with Gasteiger partial charge in [-0.15, -0.1) is 0 Å². The second-order valence-electron chi connectivity index (χ2n) is 9.62. The number of carbonyl (C=O) groups is 1. The van der Waals surface area contributed by atoms with E-state index in [0.29, 0.717) is 0 Å². The van der Waals surface area contributed by atoms with E-state index in [2.05, 4.69) is 5.32 Å². The number of hydrogen-bond donors (Lipinski definition) is 5. The average molecular weight is 399 g/mol. The maximum Gasteiger partial charge on any atom is 0.225 e. The summed E-state index contributed by atoms with van der Waals surface area (Å²) in [5.74, 6) is 1.72. The monoisotopic (exact) mass is 399 g/mol. The van der Waals surface area contributed by atoms with Crippen LogP contribution in [0.3, 0.4) is 0 Å². The van der Waals surface area contributed by atoms with Crippen LogP contribution in [0.25, 0.3) is 0 Å². The first-order valence-electron chi connectivity index (χ1n) is 10.5. The van der Waals surface area contributed by atoms with Crippen LogP contribution in [0.5, 0.6) is 0 Å². The first kappa shape index (κ1) is 20.5. The molecule has 4 saturated carbocycles. The van der Waals surface area contributed by atoms with Gasteiger partial charge in [-0.05, 0) is 56.3 Å². The highest BCUT2D eigenvalue weighted by Gasteiger charge is 2.52. The van der Waals surface area contributed by atoms with E-state index in [-0.39, 0.29) is 18.1 Å². The highest BCUT2D eigenvalue weighted by Crippen LogP contribution is 2.55. The molecule has 160 valence electrons. The van der Waals surface area contributed by atoms with Gasteiger partial charge in [-0.3, -0.25) is 4.79 Å². The van der Waals surface area contributed by atoms with Crippen molar-refractivity contribution >= 4 is 5.91 Å². The molecule has 5 rings (SSSR count). The molecule has 4 bridgehead atoms. The fourth-order valence-electron chi connectivity index (χ4n) is 6.17. The number of amides is 1. The highest BCUT2D eigenvalue weighted by molar-refractivity contribution is 5.79. The minimum atomic E-state index is -1.48. The van der Waals surface area contributed by atoms with Gasteiger partial charge in [-0.2, -0.15) is 0 Å². The molecule has 6 atom stereocenters. The molecular weight excluding hydrogens is 366 g/mol. The lowest BCUT2D eigenvalue weighted by molar-refractivity contribution is -0.302. The molecule has 5 fully saturated rings. The topological polar surface area (TPSA) is 128 Å². The second-order valence-corrected chi connectivity index (χ2v) is 9.62. The summed E-state index contributed by atoms with van der Waals surface area (Å²) in [4.78, 5) is 12.8. The summed E-state index contributed by atoms with van der Waals surface area (Å²) in [7, 11) is 0. The van der Waals surface area contributed by atoms with Gasteiger partial charge in [-0.25, -0.2) is 0 Å². The van der Waals surface area contributed by atoms with E-state index in [1.165, 1.54) is 19.3 Å². The van der Waals surface area contributed by atoms with Crippen LogP contribution in [0.1, 0.15) is 45.4 Å². The summed E-state index contributed by atoms with van der Waals surface area (Å²) in [6, 6.07) is 0. The quantitative estimate of drug-likeness (QED) is 0.408. The lowest BCUT2D eigenvalue weighted by atomic mass is 9.53. The molecule has 0 unspecified atom stereocenters. The summed E-state index contributed by atoms with van der Waals surface area (Å²) in [6.45, 7) is 1.27. The molecule has 8 heteroatoms. The van der Waals surface area contributed by atoms with Crippen molar-refractivity contribution in [3.05, 3.63) is 0 Å². The molecular formula is C20H33NO7. The molecule has 8 nitrogen and oxygen atoms in total. The largest absolute Gasteiger partial charge is 0.394 e. The lowest BCUT2D eigenvalue weighted by Gasteiger charge is -2.57. The van der Waals surface area contributed by atoms with Crippen LogP contribution in [0, 0.1) is 23.7 Å². The van der Waals surface area contributed by atoms with E-state index in [4.69, 9.17) is 9.47 Å². The fraction of sp³-hybridized carbons (Fsp3) is 0.950. The second kappa shape index (κ2) is 7.81. The van der Waals surface area contributed by atoms with E-state index >= 15 is 0 Å². The van der Waals surface area contributed by atoms with Gasteiger partial charge in [0, 0.05) is 5.54 Å². The van der Waals surface area contributed by atoms with Gasteiger partial charge in [0.15, 0.2) is 6.29 Å². The molecule has 0 aromatic rings. The van der Waals surface area contributed by atoms with Crippen molar-refractivity contribution in [1.82, 2.24) is 5.32 Å². The van der Waals surface area contributed by atoms with Crippen LogP contribution in [-0.4, -0.2) is 75.8 Å². The smallest absolute Gasteiger partial charge is 0.225 e. The Morgan fingerprint density at radius 3 is 2.18 bits per heavy atom. The molecule has 0 aromatic carbocycles. The minimum absolute atomic E-state index is 0.0148. The molecule has 0 radical (unpaired) electrons. The number of aliphatic hydroxyl groups excluding tert-OH is 4. The number of carbonyl (C=O) groups excluding carboxylic acids is 1. The van der Waals surface area contributed by atoms with Gasteiger partial charge in [0.25, 0.3) is 0 Å². The number of aliphatic hydroxyl groups is 4. The third kappa shape index (κ3) is 3.82. The minimum Gasteiger partial charge on any atom is -0.394 e. The van der Waals surface area contributed by atoms with Crippen molar-refractivity contribution in [2.75, 3.05) is 13.2 Å². The van der Waals surface area contributed by atoms with Gasteiger partial charge in [0.05, 0.1) is 19.1 Å². The SMILES string of the molecule is C[C@@H](CO[C@@H]1O[C@H](CO)[C@H](O)[C@H](O)[C@H]1O)C(=O)NC12CC3CC(CC(C3)C1)C2. The first-order valence-corrected chi connectivity index (χ1v) is 10.5. The number of hydrogen-bond acceptors (Lipinski definition) is 7. The molecule has 0 aromatic heterocycles. The summed E-state index contributed by atoms with van der Waals surface area (Å²) in [5, 5.41) is 42.2. The van der Waals surface area contributed by atoms with E-state index in [1.807, 2.05) is 0 Å². The predicted octanol–water partition coefficient (Wildman–Crippen LogP) is -0.476. The highest BCUT2D eigenvalue weighted by atomic mass is 16.7. The van der Waals surface area contributed by atoms with Crippen molar-refractivity contribution in [2.45, 2.75) is 81.7 Å². The Bertz CT molecular complexity index is 548. The van der Waals surface area contributed by atoms with Crippen LogP contribution in [0.2, 0.25) is 0 Å². The van der Waals surface area contributed by atoms with Gasteiger partial charge >= 0.3 is 0 Å². The summed E-state index contributed by atoms with van der Waals surface area (Å²) in [5.41, 5.74) is -0.0662. The van der Waals surface area contributed by atoms with E-state index < -0.39 is 43.2 Å².